The molecule has 0 aliphatic heterocycles. The van der Waals surface area contributed by atoms with Crippen molar-refractivity contribution in [3.63, 3.8) is 0 Å². The van der Waals surface area contributed by atoms with Crippen LogP contribution in [0, 0.1) is 6.92 Å². The van der Waals surface area contributed by atoms with Crippen molar-refractivity contribution in [2.45, 2.75) is 11.8 Å². The van der Waals surface area contributed by atoms with Crippen molar-refractivity contribution in [2.75, 3.05) is 4.72 Å². The molecule has 0 bridgehead atoms. The first-order chi connectivity index (χ1) is 10.4. The summed E-state index contributed by atoms with van der Waals surface area (Å²) in [5.41, 5.74) is 0.846. The van der Waals surface area contributed by atoms with E-state index >= 15 is 0 Å². The summed E-state index contributed by atoms with van der Waals surface area (Å²) in [5, 5.41) is 6.12. The quantitative estimate of drug-likeness (QED) is 0.798. The summed E-state index contributed by atoms with van der Waals surface area (Å²) in [4.78, 5) is 0.00447. The number of halogens is 1. The molecular weight excluding hydrogens is 322 g/mol. The highest BCUT2D eigenvalue weighted by molar-refractivity contribution is 7.92. The Labute approximate surface area is 133 Å². The van der Waals surface area contributed by atoms with Crippen LogP contribution < -0.4 is 4.72 Å². The van der Waals surface area contributed by atoms with E-state index in [4.69, 9.17) is 11.6 Å². The van der Waals surface area contributed by atoms with Crippen molar-refractivity contribution in [1.82, 2.24) is 9.78 Å². The molecule has 3 rings (SSSR count). The summed E-state index contributed by atoms with van der Waals surface area (Å²) in [6, 6.07) is 13.1. The molecule has 2 aromatic carbocycles. The van der Waals surface area contributed by atoms with Gasteiger partial charge < -0.3 is 0 Å². The molecule has 1 heterocycles. The molecule has 3 aromatic rings. The Bertz CT molecular complexity index is 964. The number of anilines is 1. The van der Waals surface area contributed by atoms with Crippen LogP contribution in [-0.2, 0) is 17.1 Å². The Morgan fingerprint density at radius 2 is 1.82 bits per heavy atom. The van der Waals surface area contributed by atoms with Crippen LogP contribution in [0.2, 0.25) is 5.15 Å². The summed E-state index contributed by atoms with van der Waals surface area (Å²) in [5.74, 6) is 0. The van der Waals surface area contributed by atoms with E-state index in [1.165, 1.54) is 4.68 Å². The number of hydrogen-bond acceptors (Lipinski definition) is 3. The third kappa shape index (κ3) is 2.55. The van der Waals surface area contributed by atoms with Crippen LogP contribution in [0.25, 0.3) is 10.8 Å². The Morgan fingerprint density at radius 3 is 2.45 bits per heavy atom. The van der Waals surface area contributed by atoms with E-state index in [9.17, 15) is 8.42 Å². The number of rotatable bonds is 3. The van der Waals surface area contributed by atoms with E-state index < -0.39 is 10.0 Å². The molecule has 0 unspecified atom stereocenters. The van der Waals surface area contributed by atoms with Crippen LogP contribution in [0.5, 0.6) is 0 Å². The standard InChI is InChI=1S/C15H14ClN3O2S/c1-10-14(15(16)19(2)17-10)22(20,21)18-13-8-7-11-5-3-4-6-12(11)9-13/h3-9,18H,1-2H3. The largest absolute Gasteiger partial charge is 0.279 e. The van der Waals surface area contributed by atoms with Crippen molar-refractivity contribution in [2.24, 2.45) is 7.05 Å². The van der Waals surface area contributed by atoms with E-state index in [2.05, 4.69) is 9.82 Å². The summed E-state index contributed by atoms with van der Waals surface area (Å²) in [7, 11) is -2.19. The van der Waals surface area contributed by atoms with E-state index in [-0.39, 0.29) is 10.0 Å². The average Bonchev–Trinajstić information content (AvgIpc) is 2.72. The van der Waals surface area contributed by atoms with Gasteiger partial charge in [-0.25, -0.2) is 8.42 Å². The van der Waals surface area contributed by atoms with Gasteiger partial charge in [0.1, 0.15) is 10.0 Å². The Morgan fingerprint density at radius 1 is 1.14 bits per heavy atom. The lowest BCUT2D eigenvalue weighted by atomic mass is 10.1. The van der Waals surface area contributed by atoms with Gasteiger partial charge in [0.2, 0.25) is 0 Å². The zero-order valence-corrected chi connectivity index (χ0v) is 13.6. The molecule has 0 aliphatic carbocycles. The molecule has 0 aliphatic rings. The number of fused-ring (bicyclic) bond motifs is 1. The molecule has 0 atom stereocenters. The number of hydrogen-bond donors (Lipinski definition) is 1. The van der Waals surface area contributed by atoms with Gasteiger partial charge in [-0.05, 0) is 29.8 Å². The molecule has 7 heteroatoms. The SMILES string of the molecule is Cc1nn(C)c(Cl)c1S(=O)(=O)Nc1ccc2ccccc2c1. The molecule has 0 spiro atoms. The van der Waals surface area contributed by atoms with Crippen LogP contribution in [0.15, 0.2) is 47.4 Å². The molecule has 22 heavy (non-hydrogen) atoms. The zero-order chi connectivity index (χ0) is 15.9. The molecule has 1 N–H and O–H groups in total. The molecule has 0 amide bonds. The second-order valence-electron chi connectivity index (χ2n) is 5.00. The number of nitrogens with zero attached hydrogens (tertiary/aromatic N) is 2. The van der Waals surface area contributed by atoms with Gasteiger partial charge in [0.05, 0.1) is 5.69 Å². The maximum atomic E-state index is 12.5. The van der Waals surface area contributed by atoms with E-state index in [1.807, 2.05) is 30.3 Å². The summed E-state index contributed by atoms with van der Waals surface area (Å²) < 4.78 is 29.0. The minimum atomic E-state index is -3.79. The fourth-order valence-electron chi connectivity index (χ4n) is 2.37. The molecule has 114 valence electrons. The van der Waals surface area contributed by atoms with Crippen LogP contribution >= 0.6 is 11.6 Å². The highest BCUT2D eigenvalue weighted by Crippen LogP contribution is 2.27. The Balaban J connectivity index is 2.03. The lowest BCUT2D eigenvalue weighted by molar-refractivity contribution is 0.600. The maximum Gasteiger partial charge on any atom is 0.266 e. The van der Waals surface area contributed by atoms with E-state index in [1.54, 1.807) is 26.1 Å². The highest BCUT2D eigenvalue weighted by atomic mass is 35.5. The maximum absolute atomic E-state index is 12.5. The Kier molecular flexibility index (Phi) is 3.58. The third-order valence-electron chi connectivity index (χ3n) is 3.37. The summed E-state index contributed by atoms with van der Waals surface area (Å²) in [6.45, 7) is 1.61. The number of sulfonamides is 1. The lowest BCUT2D eigenvalue weighted by Crippen LogP contribution is -2.14. The number of benzene rings is 2. The first kappa shape index (κ1) is 14.9. The molecule has 0 radical (unpaired) electrons. The van der Waals surface area contributed by atoms with Gasteiger partial charge in [-0.1, -0.05) is 41.9 Å². The van der Waals surface area contributed by atoms with Crippen molar-refractivity contribution in [1.29, 1.82) is 0 Å². The van der Waals surface area contributed by atoms with Gasteiger partial charge in [0.25, 0.3) is 10.0 Å². The zero-order valence-electron chi connectivity index (χ0n) is 12.0. The van der Waals surface area contributed by atoms with Crippen LogP contribution in [0.1, 0.15) is 5.69 Å². The second kappa shape index (κ2) is 5.30. The fourth-order valence-corrected chi connectivity index (χ4v) is 4.18. The smallest absolute Gasteiger partial charge is 0.266 e. The normalized spacial score (nSPS) is 11.8. The lowest BCUT2D eigenvalue weighted by Gasteiger charge is -2.09. The average molecular weight is 336 g/mol. The van der Waals surface area contributed by atoms with Crippen molar-refractivity contribution in [3.8, 4) is 0 Å². The minimum Gasteiger partial charge on any atom is -0.279 e. The molecule has 0 saturated heterocycles. The molecule has 0 saturated carbocycles. The first-order valence-electron chi connectivity index (χ1n) is 6.59. The van der Waals surface area contributed by atoms with Gasteiger partial charge >= 0.3 is 0 Å². The van der Waals surface area contributed by atoms with Crippen LogP contribution in [-0.4, -0.2) is 18.2 Å². The van der Waals surface area contributed by atoms with E-state index in [0.29, 0.717) is 11.4 Å². The van der Waals surface area contributed by atoms with E-state index in [0.717, 1.165) is 10.8 Å². The third-order valence-corrected chi connectivity index (χ3v) is 5.45. The number of aromatic nitrogens is 2. The second-order valence-corrected chi connectivity index (χ2v) is 6.97. The summed E-state index contributed by atoms with van der Waals surface area (Å²) in [6.07, 6.45) is 0. The van der Waals surface area contributed by atoms with Crippen molar-refractivity contribution >= 4 is 38.1 Å². The molecule has 1 aromatic heterocycles. The topological polar surface area (TPSA) is 64.0 Å². The van der Waals surface area contributed by atoms with Gasteiger partial charge in [-0.15, -0.1) is 0 Å². The van der Waals surface area contributed by atoms with Gasteiger partial charge in [0.15, 0.2) is 0 Å². The van der Waals surface area contributed by atoms with Crippen molar-refractivity contribution < 1.29 is 8.42 Å². The van der Waals surface area contributed by atoms with Gasteiger partial charge in [-0.3, -0.25) is 9.40 Å². The van der Waals surface area contributed by atoms with Crippen molar-refractivity contribution in [3.05, 3.63) is 53.3 Å². The predicted molar refractivity (Wildman–Crippen MR) is 87.7 cm³/mol. The highest BCUT2D eigenvalue weighted by Gasteiger charge is 2.25. The predicted octanol–water partition coefficient (Wildman–Crippen LogP) is 3.34. The molecule has 5 nitrogen and oxygen atoms in total. The minimum absolute atomic E-state index is 0.00447. The van der Waals surface area contributed by atoms with Gasteiger partial charge in [-0.2, -0.15) is 5.10 Å². The monoisotopic (exact) mass is 335 g/mol. The number of aryl methyl sites for hydroxylation is 2. The summed E-state index contributed by atoms with van der Waals surface area (Å²) >= 11 is 6.04. The molecular formula is C15H14ClN3O2S. The Hall–Kier alpha value is -2.05. The van der Waals surface area contributed by atoms with Gasteiger partial charge in [0, 0.05) is 12.7 Å². The molecule has 0 fully saturated rings. The number of nitrogens with one attached hydrogen (secondary N) is 1. The van der Waals surface area contributed by atoms with Crippen LogP contribution in [0.3, 0.4) is 0 Å². The first-order valence-corrected chi connectivity index (χ1v) is 8.45. The van der Waals surface area contributed by atoms with Crippen LogP contribution in [0.4, 0.5) is 5.69 Å². The fraction of sp³-hybridized carbons (Fsp3) is 0.133.